The van der Waals surface area contributed by atoms with Crippen LogP contribution in [0.1, 0.15) is 11.4 Å². The zero-order valence-electron chi connectivity index (χ0n) is 12.1. The zero-order valence-corrected chi connectivity index (χ0v) is 12.1. The minimum atomic E-state index is -0.202. The molecule has 0 saturated carbocycles. The molecule has 3 rings (SSSR count). The molecule has 0 atom stereocenters. The number of aryl methyl sites for hydroxylation is 2. The van der Waals surface area contributed by atoms with E-state index < -0.39 is 0 Å². The van der Waals surface area contributed by atoms with Gasteiger partial charge in [-0.1, -0.05) is 0 Å². The Morgan fingerprint density at radius 2 is 2.19 bits per heavy atom. The van der Waals surface area contributed by atoms with E-state index in [1.807, 2.05) is 20.9 Å². The van der Waals surface area contributed by atoms with Gasteiger partial charge in [-0.2, -0.15) is 5.10 Å². The average Bonchev–Trinajstić information content (AvgIpc) is 2.66. The van der Waals surface area contributed by atoms with Gasteiger partial charge in [-0.25, -0.2) is 0 Å². The largest absolute Gasteiger partial charge is 0.481 e. The third-order valence-corrected chi connectivity index (χ3v) is 3.40. The van der Waals surface area contributed by atoms with Gasteiger partial charge in [-0.3, -0.25) is 9.48 Å². The monoisotopic (exact) mass is 288 g/mol. The summed E-state index contributed by atoms with van der Waals surface area (Å²) < 4.78 is 12.9. The molecule has 1 aromatic heterocycles. The first-order chi connectivity index (χ1) is 9.95. The summed E-state index contributed by atoms with van der Waals surface area (Å²) in [4.78, 5) is 11.4. The van der Waals surface area contributed by atoms with Crippen LogP contribution in [0, 0.1) is 13.8 Å². The maximum Gasteiger partial charge on any atom is 0.262 e. The first kappa shape index (κ1) is 13.3. The Morgan fingerprint density at radius 1 is 1.43 bits per heavy atom. The first-order valence-electron chi connectivity index (χ1n) is 6.50. The van der Waals surface area contributed by atoms with E-state index in [2.05, 4.69) is 10.4 Å². The number of ether oxygens (including phenoxy) is 2. The summed E-state index contributed by atoms with van der Waals surface area (Å²) in [6.07, 6.45) is 0. The number of carbonyl (C=O) groups is 1. The lowest BCUT2D eigenvalue weighted by molar-refractivity contribution is -0.118. The van der Waals surface area contributed by atoms with Crippen LogP contribution in [0.2, 0.25) is 0 Å². The normalized spacial score (nSPS) is 13.4. The molecule has 0 spiro atoms. The van der Waals surface area contributed by atoms with Gasteiger partial charge in [0.1, 0.15) is 11.4 Å². The third-order valence-electron chi connectivity index (χ3n) is 3.40. The van der Waals surface area contributed by atoms with Gasteiger partial charge in [-0.15, -0.1) is 0 Å². The van der Waals surface area contributed by atoms with Gasteiger partial charge in [-0.05, 0) is 13.8 Å². The summed E-state index contributed by atoms with van der Waals surface area (Å²) in [6.45, 7) is 3.77. The number of anilines is 2. The SMILES string of the molecule is Cc1nn(C)c(C)c1Oc1cc2c(cc1N)OCC(=O)N2. The highest BCUT2D eigenvalue weighted by Crippen LogP contribution is 2.39. The second kappa shape index (κ2) is 4.69. The van der Waals surface area contributed by atoms with Crippen molar-refractivity contribution in [2.75, 3.05) is 17.7 Å². The molecule has 1 aliphatic rings. The molecule has 21 heavy (non-hydrogen) atoms. The molecule has 2 heterocycles. The van der Waals surface area contributed by atoms with Crippen molar-refractivity contribution in [2.24, 2.45) is 7.05 Å². The van der Waals surface area contributed by atoms with Crippen molar-refractivity contribution >= 4 is 17.3 Å². The Morgan fingerprint density at radius 3 is 2.86 bits per heavy atom. The number of aromatic nitrogens is 2. The first-order valence-corrected chi connectivity index (χ1v) is 6.50. The van der Waals surface area contributed by atoms with E-state index in [4.69, 9.17) is 15.2 Å². The smallest absolute Gasteiger partial charge is 0.262 e. The topological polar surface area (TPSA) is 91.4 Å². The minimum absolute atomic E-state index is 0.00648. The average molecular weight is 288 g/mol. The fourth-order valence-corrected chi connectivity index (χ4v) is 2.22. The fourth-order valence-electron chi connectivity index (χ4n) is 2.22. The predicted octanol–water partition coefficient (Wildman–Crippen LogP) is 1.74. The molecule has 0 saturated heterocycles. The standard InChI is InChI=1S/C14H16N4O3/c1-7-14(8(2)18(3)17-7)21-11-5-10-12(4-9(11)15)20-6-13(19)16-10/h4-5H,6,15H2,1-3H3,(H,16,19). The molecule has 3 N–H and O–H groups in total. The molecule has 1 aromatic carbocycles. The maximum atomic E-state index is 11.4. The van der Waals surface area contributed by atoms with E-state index in [9.17, 15) is 4.79 Å². The highest BCUT2D eigenvalue weighted by atomic mass is 16.5. The van der Waals surface area contributed by atoms with E-state index in [0.717, 1.165) is 11.4 Å². The highest BCUT2D eigenvalue weighted by Gasteiger charge is 2.20. The van der Waals surface area contributed by atoms with Crippen LogP contribution in [0.25, 0.3) is 0 Å². The number of nitrogens with two attached hydrogens (primary N) is 1. The summed E-state index contributed by atoms with van der Waals surface area (Å²) in [7, 11) is 1.85. The van der Waals surface area contributed by atoms with Crippen molar-refractivity contribution in [2.45, 2.75) is 13.8 Å². The Labute approximate surface area is 121 Å². The molecule has 0 radical (unpaired) electrons. The molecule has 0 bridgehead atoms. The van der Waals surface area contributed by atoms with Gasteiger partial charge in [0.15, 0.2) is 18.1 Å². The van der Waals surface area contributed by atoms with E-state index in [1.165, 1.54) is 0 Å². The molecule has 1 amide bonds. The minimum Gasteiger partial charge on any atom is -0.481 e. The number of hydrogen-bond acceptors (Lipinski definition) is 5. The molecule has 7 heteroatoms. The zero-order chi connectivity index (χ0) is 15.1. The number of fused-ring (bicyclic) bond motifs is 1. The Hall–Kier alpha value is -2.70. The quantitative estimate of drug-likeness (QED) is 0.821. The van der Waals surface area contributed by atoms with Gasteiger partial charge < -0.3 is 20.5 Å². The van der Waals surface area contributed by atoms with E-state index >= 15 is 0 Å². The van der Waals surface area contributed by atoms with Crippen molar-refractivity contribution in [3.63, 3.8) is 0 Å². The van der Waals surface area contributed by atoms with Crippen molar-refractivity contribution in [3.8, 4) is 17.2 Å². The summed E-state index contributed by atoms with van der Waals surface area (Å²) in [6, 6.07) is 3.30. The molecule has 1 aliphatic heterocycles. The number of amides is 1. The lowest BCUT2D eigenvalue weighted by Gasteiger charge is -2.20. The van der Waals surface area contributed by atoms with Crippen LogP contribution < -0.4 is 20.5 Å². The van der Waals surface area contributed by atoms with Gasteiger partial charge in [0.25, 0.3) is 5.91 Å². The van der Waals surface area contributed by atoms with E-state index in [-0.39, 0.29) is 12.5 Å². The number of hydrogen-bond donors (Lipinski definition) is 2. The summed E-state index contributed by atoms with van der Waals surface area (Å²) in [5.74, 6) is 1.46. The van der Waals surface area contributed by atoms with Crippen LogP contribution in [0.5, 0.6) is 17.2 Å². The molecule has 2 aromatic rings. The molecular weight excluding hydrogens is 272 g/mol. The molecular formula is C14H16N4O3. The molecule has 0 aliphatic carbocycles. The second-order valence-corrected chi connectivity index (χ2v) is 4.95. The summed E-state index contributed by atoms with van der Waals surface area (Å²) in [5.41, 5.74) is 8.64. The predicted molar refractivity (Wildman–Crippen MR) is 77.7 cm³/mol. The van der Waals surface area contributed by atoms with Crippen LogP contribution in [0.3, 0.4) is 0 Å². The maximum absolute atomic E-state index is 11.4. The van der Waals surface area contributed by atoms with Crippen LogP contribution in [0.15, 0.2) is 12.1 Å². The Kier molecular flexibility index (Phi) is 2.97. The summed E-state index contributed by atoms with van der Waals surface area (Å²) in [5, 5.41) is 7.02. The molecule has 0 unspecified atom stereocenters. The highest BCUT2D eigenvalue weighted by molar-refractivity contribution is 5.96. The van der Waals surface area contributed by atoms with Crippen LogP contribution in [-0.4, -0.2) is 22.3 Å². The molecule has 0 fully saturated rings. The number of nitrogens with one attached hydrogen (secondary N) is 1. The lowest BCUT2D eigenvalue weighted by Crippen LogP contribution is -2.25. The van der Waals surface area contributed by atoms with E-state index in [0.29, 0.717) is 28.6 Å². The van der Waals surface area contributed by atoms with Gasteiger partial charge >= 0.3 is 0 Å². The second-order valence-electron chi connectivity index (χ2n) is 4.95. The van der Waals surface area contributed by atoms with Gasteiger partial charge in [0.05, 0.1) is 17.1 Å². The van der Waals surface area contributed by atoms with E-state index in [1.54, 1.807) is 16.8 Å². The van der Waals surface area contributed by atoms with Crippen molar-refractivity contribution in [1.82, 2.24) is 9.78 Å². The van der Waals surface area contributed by atoms with Crippen molar-refractivity contribution in [3.05, 3.63) is 23.5 Å². The number of carbonyl (C=O) groups excluding carboxylic acids is 1. The Balaban J connectivity index is 1.99. The third kappa shape index (κ3) is 2.26. The fraction of sp³-hybridized carbons (Fsp3) is 0.286. The van der Waals surface area contributed by atoms with Gasteiger partial charge in [0.2, 0.25) is 0 Å². The number of rotatable bonds is 2. The van der Waals surface area contributed by atoms with Crippen LogP contribution in [-0.2, 0) is 11.8 Å². The van der Waals surface area contributed by atoms with Crippen LogP contribution in [0.4, 0.5) is 11.4 Å². The van der Waals surface area contributed by atoms with Gasteiger partial charge in [0, 0.05) is 19.2 Å². The van der Waals surface area contributed by atoms with Crippen LogP contribution >= 0.6 is 0 Å². The number of nitrogen functional groups attached to an aromatic ring is 1. The Bertz CT molecular complexity index is 736. The summed E-state index contributed by atoms with van der Waals surface area (Å²) >= 11 is 0. The lowest BCUT2D eigenvalue weighted by atomic mass is 10.2. The van der Waals surface area contributed by atoms with Crippen molar-refractivity contribution in [1.29, 1.82) is 0 Å². The number of benzene rings is 1. The van der Waals surface area contributed by atoms with Crippen molar-refractivity contribution < 1.29 is 14.3 Å². The molecule has 7 nitrogen and oxygen atoms in total. The molecule has 110 valence electrons. The number of nitrogens with zero attached hydrogens (tertiary/aromatic N) is 2.